The average Bonchev–Trinajstić information content (AvgIpc) is 2.36. The highest BCUT2D eigenvalue weighted by Gasteiger charge is 2.31. The Morgan fingerprint density at radius 2 is 2.00 bits per heavy atom. The van der Waals surface area contributed by atoms with E-state index in [-0.39, 0.29) is 42.3 Å². The van der Waals surface area contributed by atoms with Gasteiger partial charge in [0.05, 0.1) is 19.3 Å². The largest absolute Gasteiger partial charge is 0.481 e. The molecule has 10 heteroatoms. The number of methoxy groups -OCH3 is 1. The fourth-order valence-electron chi connectivity index (χ4n) is 2.05. The molecule has 1 saturated heterocycles. The molecule has 8 nitrogen and oxygen atoms in total. The number of anilines is 1. The summed E-state index contributed by atoms with van der Waals surface area (Å²) in [6.07, 6.45) is -0.361. The molecule has 118 valence electrons. The Balaban J connectivity index is 2.19. The van der Waals surface area contributed by atoms with Crippen LogP contribution < -0.4 is 9.46 Å². The van der Waals surface area contributed by atoms with E-state index in [9.17, 15) is 8.42 Å². The number of morpholine rings is 1. The van der Waals surface area contributed by atoms with Crippen LogP contribution in [0.2, 0.25) is 5.15 Å². The highest BCUT2D eigenvalue weighted by molar-refractivity contribution is 7.90. The summed E-state index contributed by atoms with van der Waals surface area (Å²) in [7, 11) is -2.37. The number of nitrogens with one attached hydrogen (secondary N) is 1. The molecule has 0 bridgehead atoms. The zero-order chi connectivity index (χ0) is 15.6. The quantitative estimate of drug-likeness (QED) is 0.821. The van der Waals surface area contributed by atoms with E-state index in [1.54, 1.807) is 0 Å². The standard InChI is InChI=1S/C11H17ClN4O4S/c1-7-5-16(6-8(2)20-7)21(17,18)15-11-13-9(12)4-10(14-11)19-3/h4,7-8H,5-6H2,1-3H3,(H,13,14,15). The van der Waals surface area contributed by atoms with Gasteiger partial charge in [0, 0.05) is 19.2 Å². The van der Waals surface area contributed by atoms with Crippen LogP contribution in [0.3, 0.4) is 0 Å². The summed E-state index contributed by atoms with van der Waals surface area (Å²) < 4.78 is 38.7. The molecule has 0 amide bonds. The molecule has 1 aliphatic rings. The molecule has 1 aliphatic heterocycles. The Morgan fingerprint density at radius 1 is 1.38 bits per heavy atom. The smallest absolute Gasteiger partial charge is 0.304 e. The van der Waals surface area contributed by atoms with Crippen molar-refractivity contribution in [2.45, 2.75) is 26.1 Å². The number of ether oxygens (including phenoxy) is 2. The molecule has 2 unspecified atom stereocenters. The van der Waals surface area contributed by atoms with E-state index in [0.717, 1.165) is 0 Å². The summed E-state index contributed by atoms with van der Waals surface area (Å²) in [5.41, 5.74) is 0. The van der Waals surface area contributed by atoms with E-state index in [2.05, 4.69) is 14.7 Å². The zero-order valence-electron chi connectivity index (χ0n) is 11.9. The molecule has 0 aromatic carbocycles. The molecule has 2 rings (SSSR count). The maximum Gasteiger partial charge on any atom is 0.304 e. The molecule has 2 atom stereocenters. The number of nitrogens with zero attached hydrogens (tertiary/aromatic N) is 3. The molecule has 1 aromatic rings. The maximum absolute atomic E-state index is 12.4. The molecule has 0 radical (unpaired) electrons. The van der Waals surface area contributed by atoms with E-state index in [1.807, 2.05) is 13.8 Å². The molecule has 21 heavy (non-hydrogen) atoms. The van der Waals surface area contributed by atoms with E-state index in [0.29, 0.717) is 0 Å². The SMILES string of the molecule is COc1cc(Cl)nc(NS(=O)(=O)N2CC(C)OC(C)C2)n1. The van der Waals surface area contributed by atoms with Crippen LogP contribution >= 0.6 is 11.6 Å². The Morgan fingerprint density at radius 3 is 2.57 bits per heavy atom. The second-order valence-corrected chi connectivity index (χ2v) is 6.80. The van der Waals surface area contributed by atoms with Gasteiger partial charge in [0.25, 0.3) is 0 Å². The van der Waals surface area contributed by atoms with E-state index >= 15 is 0 Å². The van der Waals surface area contributed by atoms with Crippen LogP contribution in [0.4, 0.5) is 5.95 Å². The lowest BCUT2D eigenvalue weighted by molar-refractivity contribution is -0.0439. The first-order valence-electron chi connectivity index (χ1n) is 6.32. The molecular formula is C11H17ClN4O4S. The number of hydrogen-bond acceptors (Lipinski definition) is 6. The normalized spacial score (nSPS) is 23.8. The Kier molecular flexibility index (Phi) is 4.87. The summed E-state index contributed by atoms with van der Waals surface area (Å²) in [5, 5.41) is 0.0864. The lowest BCUT2D eigenvalue weighted by Gasteiger charge is -2.34. The van der Waals surface area contributed by atoms with Crippen LogP contribution in [0, 0.1) is 0 Å². The maximum atomic E-state index is 12.4. The lowest BCUT2D eigenvalue weighted by atomic mass is 10.3. The van der Waals surface area contributed by atoms with E-state index < -0.39 is 10.2 Å². The van der Waals surface area contributed by atoms with Crippen LogP contribution in [0.15, 0.2) is 6.07 Å². The van der Waals surface area contributed by atoms with Crippen molar-refractivity contribution in [1.82, 2.24) is 14.3 Å². The van der Waals surface area contributed by atoms with Gasteiger partial charge in [0.15, 0.2) is 0 Å². The lowest BCUT2D eigenvalue weighted by Crippen LogP contribution is -2.50. The minimum absolute atomic E-state index is 0.0864. The molecule has 0 saturated carbocycles. The van der Waals surface area contributed by atoms with Gasteiger partial charge in [-0.3, -0.25) is 0 Å². The molecule has 1 fully saturated rings. The topological polar surface area (TPSA) is 93.6 Å². The minimum Gasteiger partial charge on any atom is -0.481 e. The van der Waals surface area contributed by atoms with Gasteiger partial charge in [-0.15, -0.1) is 0 Å². The predicted molar refractivity (Wildman–Crippen MR) is 77.7 cm³/mol. The number of hydrogen-bond donors (Lipinski definition) is 1. The van der Waals surface area contributed by atoms with Gasteiger partial charge in [-0.05, 0) is 13.8 Å². The number of rotatable bonds is 4. The van der Waals surface area contributed by atoms with Crippen LogP contribution in [0.5, 0.6) is 5.88 Å². The van der Waals surface area contributed by atoms with Crippen molar-refractivity contribution in [1.29, 1.82) is 0 Å². The van der Waals surface area contributed by atoms with Crippen LogP contribution in [0.25, 0.3) is 0 Å². The molecule has 0 spiro atoms. The summed E-state index contributed by atoms with van der Waals surface area (Å²) in [6, 6.07) is 1.39. The van der Waals surface area contributed by atoms with Gasteiger partial charge < -0.3 is 9.47 Å². The Bertz CT molecular complexity index is 602. The van der Waals surface area contributed by atoms with E-state index in [4.69, 9.17) is 21.1 Å². The molecule has 1 aromatic heterocycles. The Labute approximate surface area is 128 Å². The Hall–Kier alpha value is -1.16. The van der Waals surface area contributed by atoms with Crippen molar-refractivity contribution in [2.24, 2.45) is 0 Å². The summed E-state index contributed by atoms with van der Waals surface area (Å²) in [4.78, 5) is 7.73. The summed E-state index contributed by atoms with van der Waals surface area (Å²) in [5.74, 6) is 0.0440. The van der Waals surface area contributed by atoms with Crippen molar-refractivity contribution < 1.29 is 17.9 Å². The first kappa shape index (κ1) is 16.2. The van der Waals surface area contributed by atoms with Crippen molar-refractivity contribution in [3.63, 3.8) is 0 Å². The molecule has 1 N–H and O–H groups in total. The summed E-state index contributed by atoms with van der Waals surface area (Å²) >= 11 is 5.79. The van der Waals surface area contributed by atoms with Crippen molar-refractivity contribution >= 4 is 27.8 Å². The van der Waals surface area contributed by atoms with Gasteiger partial charge >= 0.3 is 10.2 Å². The highest BCUT2D eigenvalue weighted by Crippen LogP contribution is 2.19. The van der Waals surface area contributed by atoms with Gasteiger partial charge in [0.2, 0.25) is 11.8 Å². The van der Waals surface area contributed by atoms with Crippen molar-refractivity contribution in [3.8, 4) is 5.88 Å². The van der Waals surface area contributed by atoms with Gasteiger partial charge in [-0.2, -0.15) is 17.7 Å². The third kappa shape index (κ3) is 4.16. The van der Waals surface area contributed by atoms with Crippen LogP contribution in [0.1, 0.15) is 13.8 Å². The minimum atomic E-state index is -3.78. The predicted octanol–water partition coefficient (Wildman–Crippen LogP) is 0.905. The fraction of sp³-hybridized carbons (Fsp3) is 0.636. The average molecular weight is 337 g/mol. The number of aromatic nitrogens is 2. The third-order valence-electron chi connectivity index (χ3n) is 2.83. The molecule has 2 heterocycles. The fourth-order valence-corrected chi connectivity index (χ4v) is 3.49. The summed E-state index contributed by atoms with van der Waals surface area (Å²) in [6.45, 7) is 4.16. The zero-order valence-corrected chi connectivity index (χ0v) is 13.5. The van der Waals surface area contributed by atoms with E-state index in [1.165, 1.54) is 17.5 Å². The molecular weight excluding hydrogens is 320 g/mol. The third-order valence-corrected chi connectivity index (χ3v) is 4.44. The highest BCUT2D eigenvalue weighted by atomic mass is 35.5. The van der Waals surface area contributed by atoms with Crippen molar-refractivity contribution in [3.05, 3.63) is 11.2 Å². The van der Waals surface area contributed by atoms with Crippen LogP contribution in [-0.2, 0) is 14.9 Å². The first-order chi connectivity index (χ1) is 9.80. The monoisotopic (exact) mass is 336 g/mol. The second-order valence-electron chi connectivity index (χ2n) is 4.74. The van der Waals surface area contributed by atoms with Crippen LogP contribution in [-0.4, -0.2) is 55.1 Å². The van der Waals surface area contributed by atoms with Gasteiger partial charge in [0.1, 0.15) is 5.15 Å². The van der Waals surface area contributed by atoms with Gasteiger partial charge in [-0.25, -0.2) is 9.71 Å². The van der Waals surface area contributed by atoms with Crippen molar-refractivity contribution in [2.75, 3.05) is 24.9 Å². The molecule has 0 aliphatic carbocycles. The second kappa shape index (κ2) is 6.30. The van der Waals surface area contributed by atoms with Gasteiger partial charge in [-0.1, -0.05) is 11.6 Å². The number of halogens is 1. The first-order valence-corrected chi connectivity index (χ1v) is 8.14.